The van der Waals surface area contributed by atoms with E-state index in [2.05, 4.69) is 47.6 Å². The second kappa shape index (κ2) is 9.58. The number of hydrogen-bond donors (Lipinski definition) is 1. The fourth-order valence-electron chi connectivity index (χ4n) is 9.46. The van der Waals surface area contributed by atoms with Gasteiger partial charge in [0, 0.05) is 26.1 Å². The van der Waals surface area contributed by atoms with Gasteiger partial charge >= 0.3 is 0 Å². The van der Waals surface area contributed by atoms with Gasteiger partial charge in [-0.15, -0.1) is 0 Å². The minimum absolute atomic E-state index is 0.128. The van der Waals surface area contributed by atoms with Gasteiger partial charge in [0.05, 0.1) is 6.10 Å². The van der Waals surface area contributed by atoms with Crippen LogP contribution in [0.4, 0.5) is 0 Å². The Labute approximate surface area is 204 Å². The van der Waals surface area contributed by atoms with Crippen LogP contribution in [0.3, 0.4) is 0 Å². The van der Waals surface area contributed by atoms with Gasteiger partial charge < -0.3 is 14.6 Å². The van der Waals surface area contributed by atoms with Crippen LogP contribution in [0.5, 0.6) is 0 Å². The van der Waals surface area contributed by atoms with Crippen molar-refractivity contribution in [2.45, 2.75) is 118 Å². The predicted molar refractivity (Wildman–Crippen MR) is 136 cm³/mol. The Balaban J connectivity index is 1.65. The zero-order valence-corrected chi connectivity index (χ0v) is 22.7. The normalized spacial score (nSPS) is 45.8. The molecule has 190 valence electrons. The molecule has 33 heavy (non-hydrogen) atoms. The van der Waals surface area contributed by atoms with Gasteiger partial charge in [-0.05, 0) is 85.9 Å². The van der Waals surface area contributed by atoms with Gasteiger partial charge in [0.2, 0.25) is 0 Å². The highest BCUT2D eigenvalue weighted by Gasteiger charge is 2.67. The van der Waals surface area contributed by atoms with Crippen LogP contribution in [-0.2, 0) is 9.47 Å². The molecular weight excluding hydrogens is 408 g/mol. The number of aliphatic hydroxyl groups excluding tert-OH is 1. The van der Waals surface area contributed by atoms with Crippen molar-refractivity contribution in [1.29, 1.82) is 0 Å². The number of ether oxygens (including phenoxy) is 2. The van der Waals surface area contributed by atoms with Gasteiger partial charge in [-0.1, -0.05) is 65.5 Å². The fourth-order valence-corrected chi connectivity index (χ4v) is 9.46. The summed E-state index contributed by atoms with van der Waals surface area (Å²) in [6, 6.07) is 0. The number of allylic oxidation sites excluding steroid dienone is 1. The predicted octanol–water partition coefficient (Wildman–Crippen LogP) is 7.38. The van der Waals surface area contributed by atoms with Crippen LogP contribution in [0.1, 0.15) is 106 Å². The molecule has 9 atom stereocenters. The van der Waals surface area contributed by atoms with Crippen LogP contribution >= 0.6 is 0 Å². The zero-order chi connectivity index (χ0) is 24.0. The summed E-state index contributed by atoms with van der Waals surface area (Å²) in [4.78, 5) is 0. The molecule has 0 heterocycles. The maximum absolute atomic E-state index is 10.3. The molecule has 3 saturated carbocycles. The van der Waals surface area contributed by atoms with Crippen LogP contribution in [0.2, 0.25) is 0 Å². The molecule has 3 nitrogen and oxygen atoms in total. The lowest BCUT2D eigenvalue weighted by Gasteiger charge is -2.58. The van der Waals surface area contributed by atoms with Crippen LogP contribution in [0.25, 0.3) is 0 Å². The Morgan fingerprint density at radius 2 is 1.85 bits per heavy atom. The highest BCUT2D eigenvalue weighted by molar-refractivity contribution is 5.26. The third kappa shape index (κ3) is 4.27. The van der Waals surface area contributed by atoms with Crippen LogP contribution < -0.4 is 0 Å². The highest BCUT2D eigenvalue weighted by Crippen LogP contribution is 2.70. The minimum Gasteiger partial charge on any atom is -0.393 e. The maximum Gasteiger partial charge on any atom is 0.171 e. The van der Waals surface area contributed by atoms with E-state index < -0.39 is 5.79 Å². The van der Waals surface area contributed by atoms with Crippen molar-refractivity contribution in [2.24, 2.45) is 46.3 Å². The molecule has 0 aliphatic heterocycles. The molecule has 4 aliphatic rings. The highest BCUT2D eigenvalue weighted by atomic mass is 16.7. The van der Waals surface area contributed by atoms with Crippen molar-refractivity contribution in [2.75, 3.05) is 13.7 Å². The second-order valence-electron chi connectivity index (χ2n) is 13.1. The Bertz CT molecular complexity index is 715. The lowest BCUT2D eigenvalue weighted by Crippen LogP contribution is -2.52. The van der Waals surface area contributed by atoms with E-state index in [-0.39, 0.29) is 16.9 Å². The Kier molecular flexibility index (Phi) is 7.46. The number of rotatable bonds is 8. The molecule has 0 aromatic carbocycles. The van der Waals surface area contributed by atoms with E-state index in [1.165, 1.54) is 38.5 Å². The van der Waals surface area contributed by atoms with Crippen molar-refractivity contribution in [3.8, 4) is 0 Å². The topological polar surface area (TPSA) is 38.7 Å². The Morgan fingerprint density at radius 1 is 1.09 bits per heavy atom. The van der Waals surface area contributed by atoms with Crippen LogP contribution in [-0.4, -0.2) is 30.7 Å². The molecule has 4 rings (SSSR count). The van der Waals surface area contributed by atoms with Gasteiger partial charge in [-0.2, -0.15) is 0 Å². The maximum atomic E-state index is 10.3. The first-order chi connectivity index (χ1) is 15.6. The monoisotopic (exact) mass is 460 g/mol. The first-order valence-electron chi connectivity index (χ1n) is 14.2. The lowest BCUT2D eigenvalue weighted by atomic mass is 9.47. The van der Waals surface area contributed by atoms with E-state index in [9.17, 15) is 5.11 Å². The summed E-state index contributed by atoms with van der Waals surface area (Å²) in [7, 11) is 1.91. The summed E-state index contributed by atoms with van der Waals surface area (Å²) >= 11 is 0. The van der Waals surface area contributed by atoms with Gasteiger partial charge in [-0.25, -0.2) is 0 Å². The third-order valence-electron chi connectivity index (χ3n) is 10.9. The standard InChI is InChI=1S/C30H52O3/c1-8-33-30(32-7)19-26-24-13-12-22-18-23(31)14-16-28(22,5)25(24)15-17-29(26,6)27(30)21(4)11-9-10-20(2)3/h12,20-21,23-27,31H,8-11,13-19H2,1-7H3/t21-,23+,24-,25+,26+,27-,28+,29+,30?/m1/s1. The van der Waals surface area contributed by atoms with Gasteiger partial charge in [0.1, 0.15) is 0 Å². The molecule has 0 bridgehead atoms. The van der Waals surface area contributed by atoms with Gasteiger partial charge in [0.25, 0.3) is 0 Å². The second-order valence-corrected chi connectivity index (χ2v) is 13.1. The summed E-state index contributed by atoms with van der Waals surface area (Å²) in [5, 5.41) is 10.3. The molecule has 0 saturated heterocycles. The van der Waals surface area contributed by atoms with E-state index in [0.717, 1.165) is 50.0 Å². The lowest BCUT2D eigenvalue weighted by molar-refractivity contribution is -0.259. The number of fused-ring (bicyclic) bond motifs is 5. The van der Waals surface area contributed by atoms with E-state index in [0.29, 0.717) is 17.8 Å². The summed E-state index contributed by atoms with van der Waals surface area (Å²) in [6.45, 7) is 15.2. The molecule has 0 aromatic heterocycles. The summed E-state index contributed by atoms with van der Waals surface area (Å²) in [5.74, 6) is 3.52. The average molecular weight is 461 g/mol. The Hall–Kier alpha value is -0.380. The molecule has 3 fully saturated rings. The van der Waals surface area contributed by atoms with Crippen molar-refractivity contribution >= 4 is 0 Å². The smallest absolute Gasteiger partial charge is 0.171 e. The third-order valence-corrected chi connectivity index (χ3v) is 10.9. The summed E-state index contributed by atoms with van der Waals surface area (Å²) in [5.41, 5.74) is 2.12. The molecule has 0 amide bonds. The largest absolute Gasteiger partial charge is 0.393 e. The average Bonchev–Trinajstić information content (AvgIpc) is 3.03. The first kappa shape index (κ1) is 25.7. The van der Waals surface area contributed by atoms with Crippen molar-refractivity contribution in [3.63, 3.8) is 0 Å². The first-order valence-corrected chi connectivity index (χ1v) is 14.2. The van der Waals surface area contributed by atoms with Crippen molar-refractivity contribution in [3.05, 3.63) is 11.6 Å². The van der Waals surface area contributed by atoms with E-state index >= 15 is 0 Å². The number of aliphatic hydroxyl groups is 1. The van der Waals surface area contributed by atoms with E-state index in [1.54, 1.807) is 5.57 Å². The van der Waals surface area contributed by atoms with Crippen LogP contribution in [0.15, 0.2) is 11.6 Å². The molecule has 0 aromatic rings. The molecule has 4 aliphatic carbocycles. The van der Waals surface area contributed by atoms with E-state index in [4.69, 9.17) is 9.47 Å². The van der Waals surface area contributed by atoms with E-state index in [1.807, 2.05) is 7.11 Å². The molecule has 1 N–H and O–H groups in total. The quantitative estimate of drug-likeness (QED) is 0.303. The molecule has 0 radical (unpaired) electrons. The molecule has 1 unspecified atom stereocenters. The minimum atomic E-state index is -0.437. The molecular formula is C30H52O3. The van der Waals surface area contributed by atoms with Gasteiger partial charge in [-0.3, -0.25) is 0 Å². The number of methoxy groups -OCH3 is 1. The Morgan fingerprint density at radius 3 is 2.52 bits per heavy atom. The van der Waals surface area contributed by atoms with Crippen molar-refractivity contribution in [1.82, 2.24) is 0 Å². The van der Waals surface area contributed by atoms with Gasteiger partial charge in [0.15, 0.2) is 5.79 Å². The summed E-state index contributed by atoms with van der Waals surface area (Å²) in [6.07, 6.45) is 14.2. The fraction of sp³-hybridized carbons (Fsp3) is 0.933. The van der Waals surface area contributed by atoms with Crippen LogP contribution in [0, 0.1) is 46.3 Å². The SMILES string of the molecule is CCOC1(OC)C[C@H]2[C@@H]3CC=C4C[C@@H](O)CC[C@]4(C)[C@H]3CC[C@]2(C)[C@H]1[C@H](C)CCCC(C)C. The molecule has 3 heteroatoms. The molecule has 0 spiro atoms. The zero-order valence-electron chi connectivity index (χ0n) is 22.7. The van der Waals surface area contributed by atoms with Crippen molar-refractivity contribution < 1.29 is 14.6 Å². The summed E-state index contributed by atoms with van der Waals surface area (Å²) < 4.78 is 13.0. The number of hydrogen-bond acceptors (Lipinski definition) is 3.